The Balaban J connectivity index is 1.37. The molecule has 3 aromatic heterocycles. The van der Waals surface area contributed by atoms with Gasteiger partial charge in [0, 0.05) is 93.5 Å². The highest BCUT2D eigenvalue weighted by atomic mass is 32.2. The number of hydrogen-bond acceptors (Lipinski definition) is 9. The van der Waals surface area contributed by atoms with Gasteiger partial charge in [-0.25, -0.2) is 9.78 Å². The minimum Gasteiger partial charge on any atom is -0.444 e. The van der Waals surface area contributed by atoms with Crippen LogP contribution in [0.3, 0.4) is 0 Å². The van der Waals surface area contributed by atoms with Crippen molar-refractivity contribution in [1.29, 1.82) is 0 Å². The number of amides is 1. The molecule has 292 valence electrons. The van der Waals surface area contributed by atoms with Crippen LogP contribution in [0.1, 0.15) is 45.2 Å². The minimum absolute atomic E-state index is 0.0776. The SMILES string of the molecule is CC(C)(C)OC(=O)N1C2CSCC1CC(c1cc(N(COCC[Si](C)(C)C)COCC[Si](C)(C)C)n3ncc(-c4ccc(-c5ccccc5)nc4)c3n1)C2. The molecule has 2 bridgehead atoms. The van der Waals surface area contributed by atoms with Crippen molar-refractivity contribution in [2.75, 3.05) is 43.1 Å². The van der Waals surface area contributed by atoms with E-state index >= 15 is 0 Å². The van der Waals surface area contributed by atoms with E-state index < -0.39 is 21.7 Å². The molecule has 54 heavy (non-hydrogen) atoms. The number of ether oxygens (including phenoxy) is 3. The lowest BCUT2D eigenvalue weighted by atomic mass is 9.84. The van der Waals surface area contributed by atoms with Gasteiger partial charge in [-0.15, -0.1) is 0 Å². The second kappa shape index (κ2) is 16.9. The zero-order valence-corrected chi connectivity index (χ0v) is 36.6. The van der Waals surface area contributed by atoms with Crippen LogP contribution < -0.4 is 4.90 Å². The van der Waals surface area contributed by atoms with Gasteiger partial charge in [-0.2, -0.15) is 21.4 Å². The first-order valence-electron chi connectivity index (χ1n) is 19.4. The van der Waals surface area contributed by atoms with E-state index in [9.17, 15) is 4.79 Å². The second-order valence-corrected chi connectivity index (χ2v) is 30.6. The molecule has 2 aliphatic heterocycles. The van der Waals surface area contributed by atoms with Crippen molar-refractivity contribution in [1.82, 2.24) is 24.5 Å². The van der Waals surface area contributed by atoms with Gasteiger partial charge in [-0.3, -0.25) is 4.98 Å². The van der Waals surface area contributed by atoms with Crippen molar-refractivity contribution in [3.63, 3.8) is 0 Å². The Kier molecular flexibility index (Phi) is 12.6. The van der Waals surface area contributed by atoms with E-state index in [1.54, 1.807) is 0 Å². The predicted octanol–water partition coefficient (Wildman–Crippen LogP) is 9.49. The van der Waals surface area contributed by atoms with Crippen LogP contribution in [0.5, 0.6) is 0 Å². The van der Waals surface area contributed by atoms with Crippen LogP contribution in [0.15, 0.2) is 60.9 Å². The van der Waals surface area contributed by atoms with E-state index in [2.05, 4.69) is 74.5 Å². The highest BCUT2D eigenvalue weighted by Gasteiger charge is 2.44. The summed E-state index contributed by atoms with van der Waals surface area (Å²) in [6.45, 7) is 22.2. The summed E-state index contributed by atoms with van der Waals surface area (Å²) in [6.07, 6.45) is 5.26. The van der Waals surface area contributed by atoms with Crippen LogP contribution in [0.25, 0.3) is 28.0 Å². The average Bonchev–Trinajstić information content (AvgIpc) is 3.53. The van der Waals surface area contributed by atoms with Crippen LogP contribution in [0.4, 0.5) is 10.6 Å². The number of aromatic nitrogens is 4. The Morgan fingerprint density at radius 3 is 2.06 bits per heavy atom. The van der Waals surface area contributed by atoms with E-state index in [0.29, 0.717) is 26.7 Å². The summed E-state index contributed by atoms with van der Waals surface area (Å²) < 4.78 is 20.7. The van der Waals surface area contributed by atoms with Crippen molar-refractivity contribution in [2.24, 2.45) is 0 Å². The van der Waals surface area contributed by atoms with E-state index in [4.69, 9.17) is 29.3 Å². The lowest BCUT2D eigenvalue weighted by Gasteiger charge is -2.48. The number of rotatable bonds is 14. The average molecular weight is 789 g/mol. The molecule has 10 nitrogen and oxygen atoms in total. The van der Waals surface area contributed by atoms with Crippen molar-refractivity contribution >= 4 is 45.5 Å². The fourth-order valence-corrected chi connectivity index (χ4v) is 9.77. The third kappa shape index (κ3) is 10.5. The maximum atomic E-state index is 13.5. The number of thioether (sulfide) groups is 1. The van der Waals surface area contributed by atoms with Gasteiger partial charge < -0.3 is 24.0 Å². The highest BCUT2D eigenvalue weighted by molar-refractivity contribution is 7.99. The molecule has 0 radical (unpaired) electrons. The van der Waals surface area contributed by atoms with Gasteiger partial charge >= 0.3 is 6.09 Å². The van der Waals surface area contributed by atoms with Crippen LogP contribution in [0, 0.1) is 0 Å². The van der Waals surface area contributed by atoms with Gasteiger partial charge in [0.1, 0.15) is 24.9 Å². The first-order chi connectivity index (χ1) is 25.5. The Morgan fingerprint density at radius 2 is 1.50 bits per heavy atom. The Morgan fingerprint density at radius 1 is 0.870 bits per heavy atom. The molecule has 0 aliphatic carbocycles. The molecule has 1 aromatic carbocycles. The Hall–Kier alpha value is -3.24. The first kappa shape index (κ1) is 40.4. The maximum absolute atomic E-state index is 13.5. The summed E-state index contributed by atoms with van der Waals surface area (Å²) in [5.41, 5.74) is 5.12. The topological polar surface area (TPSA) is 94.3 Å². The number of piperidine rings is 1. The molecule has 4 aromatic rings. The summed E-state index contributed by atoms with van der Waals surface area (Å²) in [5, 5.41) is 4.96. The largest absolute Gasteiger partial charge is 0.444 e. The number of carbonyl (C=O) groups excluding carboxylic acids is 1. The molecule has 0 N–H and O–H groups in total. The molecule has 0 spiro atoms. The normalized spacial score (nSPS) is 19.3. The first-order valence-corrected chi connectivity index (χ1v) is 28.0. The zero-order chi connectivity index (χ0) is 38.7. The van der Waals surface area contributed by atoms with Gasteiger partial charge in [0.05, 0.1) is 11.9 Å². The van der Waals surface area contributed by atoms with Gasteiger partial charge in [-0.1, -0.05) is 75.7 Å². The van der Waals surface area contributed by atoms with Crippen LogP contribution in [0.2, 0.25) is 51.4 Å². The summed E-state index contributed by atoms with van der Waals surface area (Å²) in [4.78, 5) is 27.9. The smallest absolute Gasteiger partial charge is 0.410 e. The maximum Gasteiger partial charge on any atom is 0.410 e. The summed E-state index contributed by atoms with van der Waals surface area (Å²) in [5.74, 6) is 2.83. The van der Waals surface area contributed by atoms with Crippen molar-refractivity contribution < 1.29 is 19.0 Å². The lowest BCUT2D eigenvalue weighted by Crippen LogP contribution is -2.57. The molecule has 13 heteroatoms. The number of carbonyl (C=O) groups is 1. The molecular formula is C41H60N6O4SSi2. The molecule has 5 heterocycles. The highest BCUT2D eigenvalue weighted by Crippen LogP contribution is 2.42. The number of pyridine rings is 1. The third-order valence-electron chi connectivity index (χ3n) is 9.97. The number of hydrogen-bond donors (Lipinski definition) is 0. The predicted molar refractivity (Wildman–Crippen MR) is 227 cm³/mol. The quantitative estimate of drug-likeness (QED) is 0.0704. The van der Waals surface area contributed by atoms with Gasteiger partial charge in [0.25, 0.3) is 0 Å². The van der Waals surface area contributed by atoms with E-state index in [1.807, 2.05) is 72.5 Å². The summed E-state index contributed by atoms with van der Waals surface area (Å²) in [7, 11) is -2.55. The molecule has 2 unspecified atom stereocenters. The third-order valence-corrected chi connectivity index (χ3v) is 14.6. The van der Waals surface area contributed by atoms with Crippen LogP contribution in [-0.4, -0.2) is 103 Å². The molecule has 2 aliphatic rings. The standard InChI is InChI=1S/C41H60N6O4SSi2/c1-41(2,3)51-40(48)46-33-21-32(22-34(46)27-52-26-33)37-23-38(45(28-49-17-19-53(4,5)6)29-50-18-20-54(7,8)9)47-39(44-37)35(25-43-47)31-15-16-36(42-24-31)30-13-11-10-12-14-30/h10-16,23-25,32-34H,17-22,26-29H2,1-9H3. The minimum atomic E-state index is -1.28. The van der Waals surface area contributed by atoms with Gasteiger partial charge in [-0.05, 0) is 51.8 Å². The molecule has 2 fully saturated rings. The molecule has 2 saturated heterocycles. The Labute approximate surface area is 328 Å². The van der Waals surface area contributed by atoms with Crippen LogP contribution in [-0.2, 0) is 14.2 Å². The van der Waals surface area contributed by atoms with Crippen molar-refractivity contribution in [3.05, 3.63) is 66.6 Å². The summed E-state index contributed by atoms with van der Waals surface area (Å²) >= 11 is 1.93. The number of benzene rings is 1. The molecule has 6 rings (SSSR count). The fourth-order valence-electron chi connectivity index (χ4n) is 6.98. The lowest BCUT2D eigenvalue weighted by molar-refractivity contribution is -0.00295. The van der Waals surface area contributed by atoms with Crippen molar-refractivity contribution in [3.8, 4) is 22.4 Å². The van der Waals surface area contributed by atoms with E-state index in [0.717, 1.165) is 76.0 Å². The van der Waals surface area contributed by atoms with Crippen LogP contribution >= 0.6 is 11.8 Å². The second-order valence-electron chi connectivity index (χ2n) is 18.3. The van der Waals surface area contributed by atoms with E-state index in [-0.39, 0.29) is 24.1 Å². The Bertz CT molecular complexity index is 1820. The van der Waals surface area contributed by atoms with Crippen molar-refractivity contribution in [2.45, 2.75) is 109 Å². The van der Waals surface area contributed by atoms with Gasteiger partial charge in [0.15, 0.2) is 5.65 Å². The zero-order valence-electron chi connectivity index (χ0n) is 33.8. The fraction of sp³-hybridized carbons (Fsp3) is 0.561. The number of anilines is 1. The summed E-state index contributed by atoms with van der Waals surface area (Å²) in [6, 6.07) is 18.9. The number of fused-ring (bicyclic) bond motifs is 3. The van der Waals surface area contributed by atoms with Gasteiger partial charge in [0.2, 0.25) is 0 Å². The molecular weight excluding hydrogens is 729 g/mol. The number of nitrogens with zero attached hydrogens (tertiary/aromatic N) is 6. The monoisotopic (exact) mass is 788 g/mol. The molecule has 1 amide bonds. The molecule has 2 atom stereocenters. The molecule has 0 saturated carbocycles. The van der Waals surface area contributed by atoms with E-state index in [1.165, 1.54) is 0 Å².